The minimum atomic E-state index is 0.794. The Labute approximate surface area is 168 Å². The van der Waals surface area contributed by atoms with E-state index in [0.717, 1.165) is 75.6 Å². The molecule has 2 aromatic rings. The molecule has 0 aliphatic carbocycles. The molecule has 0 spiro atoms. The molecule has 0 N–H and O–H groups in total. The van der Waals surface area contributed by atoms with Gasteiger partial charge in [-0.15, -0.1) is 0 Å². The predicted molar refractivity (Wildman–Crippen MR) is 113 cm³/mol. The SMILES string of the molecule is Cc1cc(C)nc(C)c1.Cc1cc(N2CCOCC2)nc(N2CCOCC2)c1. The highest BCUT2D eigenvalue weighted by Crippen LogP contribution is 2.22. The second kappa shape index (κ2) is 9.85. The Morgan fingerprint density at radius 2 is 1.00 bits per heavy atom. The maximum Gasteiger partial charge on any atom is 0.131 e. The number of morpholine rings is 2. The Morgan fingerprint density at radius 3 is 1.39 bits per heavy atom. The molecule has 6 heteroatoms. The van der Waals surface area contributed by atoms with Crippen LogP contribution in [0.4, 0.5) is 11.6 Å². The molecule has 4 heterocycles. The fraction of sp³-hybridized carbons (Fsp3) is 0.545. The fourth-order valence-electron chi connectivity index (χ4n) is 3.58. The lowest BCUT2D eigenvalue weighted by Gasteiger charge is -2.31. The lowest BCUT2D eigenvalue weighted by Crippen LogP contribution is -2.39. The van der Waals surface area contributed by atoms with Crippen LogP contribution in [0.2, 0.25) is 0 Å². The molecule has 2 aliphatic rings. The van der Waals surface area contributed by atoms with E-state index in [2.05, 4.69) is 52.9 Å². The van der Waals surface area contributed by atoms with Gasteiger partial charge < -0.3 is 19.3 Å². The van der Waals surface area contributed by atoms with E-state index >= 15 is 0 Å². The van der Waals surface area contributed by atoms with Crippen LogP contribution in [0.1, 0.15) is 22.5 Å². The summed E-state index contributed by atoms with van der Waals surface area (Å²) in [7, 11) is 0. The Bertz CT molecular complexity index is 682. The number of hydrogen-bond donors (Lipinski definition) is 0. The summed E-state index contributed by atoms with van der Waals surface area (Å²) in [5, 5.41) is 0. The summed E-state index contributed by atoms with van der Waals surface area (Å²) >= 11 is 0. The topological polar surface area (TPSA) is 50.7 Å². The fourth-order valence-corrected chi connectivity index (χ4v) is 3.58. The molecule has 2 fully saturated rings. The molecular weight excluding hydrogens is 352 g/mol. The van der Waals surface area contributed by atoms with Crippen LogP contribution in [-0.2, 0) is 9.47 Å². The molecule has 0 unspecified atom stereocenters. The van der Waals surface area contributed by atoms with Gasteiger partial charge in [-0.3, -0.25) is 4.98 Å². The summed E-state index contributed by atoms with van der Waals surface area (Å²) in [6.45, 7) is 15.1. The van der Waals surface area contributed by atoms with Crippen molar-refractivity contribution in [1.82, 2.24) is 9.97 Å². The van der Waals surface area contributed by atoms with Gasteiger partial charge in [-0.05, 0) is 63.1 Å². The van der Waals surface area contributed by atoms with Gasteiger partial charge in [0.1, 0.15) is 11.6 Å². The van der Waals surface area contributed by atoms with Crippen molar-refractivity contribution in [2.75, 3.05) is 62.4 Å². The van der Waals surface area contributed by atoms with Gasteiger partial charge >= 0.3 is 0 Å². The van der Waals surface area contributed by atoms with Gasteiger partial charge in [-0.1, -0.05) is 0 Å². The Hall–Kier alpha value is -2.18. The summed E-state index contributed by atoms with van der Waals surface area (Å²) in [4.78, 5) is 13.7. The average molecular weight is 385 g/mol. The zero-order valence-corrected chi connectivity index (χ0v) is 17.6. The van der Waals surface area contributed by atoms with Gasteiger partial charge in [0.05, 0.1) is 26.4 Å². The third kappa shape index (κ3) is 5.91. The second-order valence-corrected chi connectivity index (χ2v) is 7.49. The van der Waals surface area contributed by atoms with Crippen molar-refractivity contribution in [2.45, 2.75) is 27.7 Å². The molecule has 0 saturated carbocycles. The van der Waals surface area contributed by atoms with E-state index in [1.807, 2.05) is 13.8 Å². The number of rotatable bonds is 2. The molecule has 2 aliphatic heterocycles. The number of nitrogens with zero attached hydrogens (tertiary/aromatic N) is 4. The van der Waals surface area contributed by atoms with Crippen LogP contribution in [0, 0.1) is 27.7 Å². The number of hydrogen-bond acceptors (Lipinski definition) is 6. The molecule has 28 heavy (non-hydrogen) atoms. The minimum Gasteiger partial charge on any atom is -0.378 e. The van der Waals surface area contributed by atoms with Gasteiger partial charge in [0.25, 0.3) is 0 Å². The molecular formula is C22H32N4O2. The Kier molecular flexibility index (Phi) is 7.23. The van der Waals surface area contributed by atoms with Crippen molar-refractivity contribution in [3.8, 4) is 0 Å². The van der Waals surface area contributed by atoms with E-state index in [-0.39, 0.29) is 0 Å². The molecule has 2 aromatic heterocycles. The number of aryl methyl sites for hydroxylation is 4. The van der Waals surface area contributed by atoms with E-state index in [1.54, 1.807) is 0 Å². The molecule has 0 atom stereocenters. The van der Waals surface area contributed by atoms with Gasteiger partial charge in [-0.25, -0.2) is 4.98 Å². The van der Waals surface area contributed by atoms with E-state index in [9.17, 15) is 0 Å². The molecule has 6 nitrogen and oxygen atoms in total. The molecule has 4 rings (SSSR count). The quantitative estimate of drug-likeness (QED) is 0.793. The first-order valence-electron chi connectivity index (χ1n) is 10.1. The lowest BCUT2D eigenvalue weighted by atomic mass is 10.2. The summed E-state index contributed by atoms with van der Waals surface area (Å²) in [5.41, 5.74) is 4.76. The number of pyridine rings is 2. The number of anilines is 2. The number of aromatic nitrogens is 2. The molecule has 0 aromatic carbocycles. The first-order valence-corrected chi connectivity index (χ1v) is 10.1. The predicted octanol–water partition coefficient (Wildman–Crippen LogP) is 3.07. The van der Waals surface area contributed by atoms with Crippen molar-refractivity contribution in [1.29, 1.82) is 0 Å². The largest absolute Gasteiger partial charge is 0.378 e. The van der Waals surface area contributed by atoms with Gasteiger partial charge in [0, 0.05) is 37.6 Å². The Balaban J connectivity index is 0.000000211. The van der Waals surface area contributed by atoms with Crippen molar-refractivity contribution < 1.29 is 9.47 Å². The van der Waals surface area contributed by atoms with Crippen molar-refractivity contribution >= 4 is 11.6 Å². The minimum absolute atomic E-state index is 0.794. The summed E-state index contributed by atoms with van der Waals surface area (Å²) < 4.78 is 10.8. The van der Waals surface area contributed by atoms with E-state index in [1.165, 1.54) is 11.1 Å². The standard InChI is InChI=1S/C14H21N3O2.C8H11N/c1-12-10-13(16-2-6-18-7-3-16)15-14(11-12)17-4-8-19-9-5-17;1-6-4-7(2)9-8(3)5-6/h10-11H,2-9H2,1H3;4-5H,1-3H3. The van der Waals surface area contributed by atoms with E-state index < -0.39 is 0 Å². The molecule has 0 bridgehead atoms. The average Bonchev–Trinajstić information content (AvgIpc) is 2.68. The van der Waals surface area contributed by atoms with Crippen LogP contribution < -0.4 is 9.80 Å². The normalized spacial score (nSPS) is 17.1. The first kappa shape index (κ1) is 20.6. The summed E-state index contributed by atoms with van der Waals surface area (Å²) in [6.07, 6.45) is 0. The summed E-state index contributed by atoms with van der Waals surface area (Å²) in [6, 6.07) is 8.48. The van der Waals surface area contributed by atoms with Crippen LogP contribution >= 0.6 is 0 Å². The molecule has 152 valence electrons. The number of ether oxygens (including phenoxy) is 2. The third-order valence-electron chi connectivity index (χ3n) is 4.84. The van der Waals surface area contributed by atoms with Crippen molar-refractivity contribution in [3.63, 3.8) is 0 Å². The smallest absolute Gasteiger partial charge is 0.131 e. The van der Waals surface area contributed by atoms with Crippen LogP contribution in [0.25, 0.3) is 0 Å². The molecule has 0 amide bonds. The van der Waals surface area contributed by atoms with Gasteiger partial charge in [-0.2, -0.15) is 0 Å². The van der Waals surface area contributed by atoms with Gasteiger partial charge in [0.15, 0.2) is 0 Å². The van der Waals surface area contributed by atoms with E-state index in [0.29, 0.717) is 0 Å². The van der Waals surface area contributed by atoms with Crippen molar-refractivity contribution in [3.05, 3.63) is 46.8 Å². The Morgan fingerprint density at radius 1 is 0.607 bits per heavy atom. The van der Waals surface area contributed by atoms with E-state index in [4.69, 9.17) is 14.5 Å². The lowest BCUT2D eigenvalue weighted by molar-refractivity contribution is 0.121. The highest BCUT2D eigenvalue weighted by molar-refractivity contribution is 5.52. The zero-order chi connectivity index (χ0) is 19.9. The maximum absolute atomic E-state index is 5.40. The summed E-state index contributed by atoms with van der Waals surface area (Å²) in [5.74, 6) is 2.15. The molecule has 2 saturated heterocycles. The van der Waals surface area contributed by atoms with Crippen LogP contribution in [-0.4, -0.2) is 62.6 Å². The van der Waals surface area contributed by atoms with Gasteiger partial charge in [0.2, 0.25) is 0 Å². The van der Waals surface area contributed by atoms with Crippen LogP contribution in [0.15, 0.2) is 24.3 Å². The second-order valence-electron chi connectivity index (χ2n) is 7.49. The third-order valence-corrected chi connectivity index (χ3v) is 4.84. The highest BCUT2D eigenvalue weighted by Gasteiger charge is 2.17. The molecule has 0 radical (unpaired) electrons. The van der Waals surface area contributed by atoms with Crippen LogP contribution in [0.5, 0.6) is 0 Å². The van der Waals surface area contributed by atoms with Crippen LogP contribution in [0.3, 0.4) is 0 Å². The monoisotopic (exact) mass is 384 g/mol. The maximum atomic E-state index is 5.40. The zero-order valence-electron chi connectivity index (χ0n) is 17.6. The highest BCUT2D eigenvalue weighted by atomic mass is 16.5. The first-order chi connectivity index (χ1) is 13.5. The van der Waals surface area contributed by atoms with Crippen molar-refractivity contribution in [2.24, 2.45) is 0 Å².